The van der Waals surface area contributed by atoms with E-state index in [0.717, 1.165) is 43.4 Å². The van der Waals surface area contributed by atoms with E-state index in [2.05, 4.69) is 28.6 Å². The predicted octanol–water partition coefficient (Wildman–Crippen LogP) is 3.79. The molecule has 27 heavy (non-hydrogen) atoms. The lowest BCUT2D eigenvalue weighted by molar-refractivity contribution is -0.117. The minimum atomic E-state index is -0.499. The van der Waals surface area contributed by atoms with Crippen LogP contribution in [0.4, 0.5) is 0 Å². The highest BCUT2D eigenvalue weighted by Gasteiger charge is 2.22. The molecule has 146 valence electrons. The second kappa shape index (κ2) is 9.18. The lowest BCUT2D eigenvalue weighted by Gasteiger charge is -2.26. The van der Waals surface area contributed by atoms with Crippen LogP contribution in [0.3, 0.4) is 0 Å². The smallest absolute Gasteiger partial charge is 0.292 e. The van der Waals surface area contributed by atoms with E-state index < -0.39 is 11.7 Å². The third-order valence-corrected chi connectivity index (χ3v) is 5.64. The van der Waals surface area contributed by atoms with Gasteiger partial charge in [-0.3, -0.25) is 9.59 Å². The van der Waals surface area contributed by atoms with Crippen LogP contribution in [0.15, 0.2) is 30.5 Å². The molecule has 1 N–H and O–H groups in total. The molecule has 0 bridgehead atoms. The Bertz CT molecular complexity index is 790. The van der Waals surface area contributed by atoms with Crippen LogP contribution in [-0.2, 0) is 4.79 Å². The minimum Gasteiger partial charge on any atom is -0.349 e. The number of carbonyl (C=O) groups excluding carboxylic acids is 2. The molecule has 1 aromatic carbocycles. The summed E-state index contributed by atoms with van der Waals surface area (Å²) < 4.78 is 2.10. The molecule has 2 heterocycles. The molecule has 1 amide bonds. The maximum atomic E-state index is 12.7. The second-order valence-corrected chi connectivity index (χ2v) is 7.57. The molecule has 2 aromatic rings. The third kappa shape index (κ3) is 4.59. The van der Waals surface area contributed by atoms with Crippen molar-refractivity contribution in [1.82, 2.24) is 14.8 Å². The predicted molar refractivity (Wildman–Crippen MR) is 109 cm³/mol. The highest BCUT2D eigenvalue weighted by molar-refractivity contribution is 6.45. The van der Waals surface area contributed by atoms with Crippen molar-refractivity contribution in [2.24, 2.45) is 0 Å². The number of aromatic nitrogens is 1. The van der Waals surface area contributed by atoms with E-state index >= 15 is 0 Å². The average molecular weight is 370 g/mol. The molecule has 0 spiro atoms. The molecule has 0 saturated carbocycles. The Balaban J connectivity index is 1.62. The first-order valence-electron chi connectivity index (χ1n) is 10.3. The van der Waals surface area contributed by atoms with Crippen LogP contribution < -0.4 is 5.32 Å². The zero-order valence-electron chi connectivity index (χ0n) is 16.5. The lowest BCUT2D eigenvalue weighted by atomic mass is 10.1. The molecule has 1 aliphatic heterocycles. The van der Waals surface area contributed by atoms with Gasteiger partial charge in [0, 0.05) is 29.7 Å². The Labute approximate surface area is 161 Å². The molecule has 1 fully saturated rings. The minimum absolute atomic E-state index is 0.282. The first-order chi connectivity index (χ1) is 13.1. The Morgan fingerprint density at radius 1 is 1.15 bits per heavy atom. The van der Waals surface area contributed by atoms with Crippen molar-refractivity contribution in [3.8, 4) is 0 Å². The maximum Gasteiger partial charge on any atom is 0.292 e. The molecular weight excluding hydrogens is 338 g/mol. The van der Waals surface area contributed by atoms with E-state index in [9.17, 15) is 9.59 Å². The number of nitrogens with one attached hydrogen (secondary N) is 1. The number of piperidine rings is 1. The Kier molecular flexibility index (Phi) is 6.67. The number of nitrogens with zero attached hydrogens (tertiary/aromatic N) is 2. The molecule has 0 aliphatic carbocycles. The van der Waals surface area contributed by atoms with Gasteiger partial charge in [0.25, 0.3) is 11.7 Å². The summed E-state index contributed by atoms with van der Waals surface area (Å²) in [5.41, 5.74) is 1.51. The summed E-state index contributed by atoms with van der Waals surface area (Å²) in [5.74, 6) is -0.938. The van der Waals surface area contributed by atoms with E-state index in [0.29, 0.717) is 12.1 Å². The quantitative estimate of drug-likeness (QED) is 0.438. The van der Waals surface area contributed by atoms with E-state index in [-0.39, 0.29) is 6.04 Å². The van der Waals surface area contributed by atoms with Crippen molar-refractivity contribution in [2.75, 3.05) is 26.2 Å². The average Bonchev–Trinajstić information content (AvgIpc) is 3.10. The number of rotatable bonds is 8. The molecule has 1 aromatic heterocycles. The largest absolute Gasteiger partial charge is 0.349 e. The van der Waals surface area contributed by atoms with Crippen molar-refractivity contribution in [3.05, 3.63) is 36.0 Å². The lowest BCUT2D eigenvalue weighted by Crippen LogP contribution is -2.35. The summed E-state index contributed by atoms with van der Waals surface area (Å²) in [6.45, 7) is 8.09. The van der Waals surface area contributed by atoms with Crippen molar-refractivity contribution >= 4 is 22.6 Å². The number of Topliss-reactive ketones (excluding diaryl/α,β-unsaturated/α-hetero) is 1. The monoisotopic (exact) mass is 369 g/mol. The number of hydrogen-bond acceptors (Lipinski definition) is 3. The standard InChI is InChI=1S/C22H31N3O2/c1-3-17(2)25-16-19(18-10-5-6-11-20(18)25)21(26)22(27)23-12-9-15-24-13-7-4-8-14-24/h5-6,10-11,16-17H,3-4,7-9,12-15H2,1-2H3,(H,23,27)/t17-/m0/s1. The molecule has 1 atom stereocenters. The summed E-state index contributed by atoms with van der Waals surface area (Å²) in [5, 5.41) is 3.67. The molecule has 0 radical (unpaired) electrons. The van der Waals surface area contributed by atoms with Gasteiger partial charge >= 0.3 is 0 Å². The number of para-hydroxylation sites is 1. The van der Waals surface area contributed by atoms with Crippen molar-refractivity contribution in [1.29, 1.82) is 0 Å². The van der Waals surface area contributed by atoms with Crippen LogP contribution in [0.2, 0.25) is 0 Å². The zero-order chi connectivity index (χ0) is 19.2. The van der Waals surface area contributed by atoms with Crippen LogP contribution in [0.5, 0.6) is 0 Å². The number of hydrogen-bond donors (Lipinski definition) is 1. The van der Waals surface area contributed by atoms with Gasteiger partial charge in [-0.25, -0.2) is 0 Å². The summed E-state index contributed by atoms with van der Waals surface area (Å²) in [6.07, 6.45) is 7.55. The van der Waals surface area contributed by atoms with Crippen molar-refractivity contribution in [2.45, 2.75) is 52.0 Å². The van der Waals surface area contributed by atoms with Crippen LogP contribution in [-0.4, -0.2) is 47.3 Å². The molecule has 5 nitrogen and oxygen atoms in total. The van der Waals surface area contributed by atoms with Crippen LogP contribution in [0.25, 0.3) is 10.9 Å². The highest BCUT2D eigenvalue weighted by atomic mass is 16.2. The molecule has 0 unspecified atom stereocenters. The van der Waals surface area contributed by atoms with Crippen molar-refractivity contribution in [3.63, 3.8) is 0 Å². The normalized spacial score (nSPS) is 16.4. The Hall–Kier alpha value is -2.14. The number of ketones is 1. The molecule has 1 saturated heterocycles. The van der Waals surface area contributed by atoms with Gasteiger partial charge < -0.3 is 14.8 Å². The molecular formula is C22H31N3O2. The SMILES string of the molecule is CC[C@H](C)n1cc(C(=O)C(=O)NCCCN2CCCCC2)c2ccccc21. The van der Waals surface area contributed by atoms with Gasteiger partial charge in [0.05, 0.1) is 5.56 Å². The number of likely N-dealkylation sites (tertiary alicyclic amines) is 1. The van der Waals surface area contributed by atoms with Gasteiger partial charge in [-0.05, 0) is 58.3 Å². The Morgan fingerprint density at radius 2 is 1.89 bits per heavy atom. The van der Waals surface area contributed by atoms with Crippen LogP contribution >= 0.6 is 0 Å². The first kappa shape index (κ1) is 19.6. The van der Waals surface area contributed by atoms with Gasteiger partial charge in [0.2, 0.25) is 0 Å². The number of amides is 1. The van der Waals surface area contributed by atoms with Gasteiger partial charge in [-0.1, -0.05) is 31.5 Å². The summed E-state index contributed by atoms with van der Waals surface area (Å²) in [7, 11) is 0. The van der Waals surface area contributed by atoms with E-state index in [1.807, 2.05) is 30.5 Å². The van der Waals surface area contributed by atoms with Gasteiger partial charge in [0.15, 0.2) is 0 Å². The zero-order valence-corrected chi connectivity index (χ0v) is 16.5. The van der Waals surface area contributed by atoms with E-state index in [1.54, 1.807) is 0 Å². The Morgan fingerprint density at radius 3 is 2.63 bits per heavy atom. The summed E-state index contributed by atoms with van der Waals surface area (Å²) >= 11 is 0. The van der Waals surface area contributed by atoms with Crippen LogP contribution in [0, 0.1) is 0 Å². The third-order valence-electron chi connectivity index (χ3n) is 5.64. The first-order valence-corrected chi connectivity index (χ1v) is 10.3. The molecule has 3 rings (SSSR count). The second-order valence-electron chi connectivity index (χ2n) is 7.57. The fraction of sp³-hybridized carbons (Fsp3) is 0.545. The number of carbonyl (C=O) groups is 2. The number of benzene rings is 1. The van der Waals surface area contributed by atoms with E-state index in [4.69, 9.17) is 0 Å². The van der Waals surface area contributed by atoms with Gasteiger partial charge in [-0.2, -0.15) is 0 Å². The summed E-state index contributed by atoms with van der Waals surface area (Å²) in [6, 6.07) is 8.09. The molecule has 5 heteroatoms. The van der Waals surface area contributed by atoms with Gasteiger partial charge in [0.1, 0.15) is 0 Å². The topological polar surface area (TPSA) is 54.3 Å². The summed E-state index contributed by atoms with van der Waals surface area (Å²) in [4.78, 5) is 27.6. The fourth-order valence-electron chi connectivity index (χ4n) is 3.84. The van der Waals surface area contributed by atoms with E-state index in [1.165, 1.54) is 19.3 Å². The van der Waals surface area contributed by atoms with Crippen molar-refractivity contribution < 1.29 is 9.59 Å². The maximum absolute atomic E-state index is 12.7. The highest BCUT2D eigenvalue weighted by Crippen LogP contribution is 2.26. The van der Waals surface area contributed by atoms with Gasteiger partial charge in [-0.15, -0.1) is 0 Å². The number of fused-ring (bicyclic) bond motifs is 1. The fourth-order valence-corrected chi connectivity index (χ4v) is 3.84. The molecule has 1 aliphatic rings. The van der Waals surface area contributed by atoms with Crippen LogP contribution in [0.1, 0.15) is 62.4 Å².